The molecular formula is C18H19NO2. The van der Waals surface area contributed by atoms with Crippen molar-refractivity contribution in [3.05, 3.63) is 71.4 Å². The van der Waals surface area contributed by atoms with Gasteiger partial charge in [-0.05, 0) is 31.2 Å². The zero-order valence-corrected chi connectivity index (χ0v) is 12.5. The van der Waals surface area contributed by atoms with Crippen LogP contribution in [0, 0.1) is 0 Å². The lowest BCUT2D eigenvalue weighted by atomic mass is 10.1. The topological polar surface area (TPSA) is 21.7 Å². The third-order valence-electron chi connectivity index (χ3n) is 3.88. The smallest absolute Gasteiger partial charge is 0.198 e. The van der Waals surface area contributed by atoms with E-state index in [0.29, 0.717) is 0 Å². The highest BCUT2D eigenvalue weighted by molar-refractivity contribution is 5.64. The number of hydrogen-bond donors (Lipinski definition) is 0. The van der Waals surface area contributed by atoms with E-state index >= 15 is 0 Å². The van der Waals surface area contributed by atoms with Crippen LogP contribution in [0.5, 0.6) is 5.75 Å². The van der Waals surface area contributed by atoms with Crippen LogP contribution >= 0.6 is 0 Å². The van der Waals surface area contributed by atoms with Crippen LogP contribution in [-0.2, 0) is 4.74 Å². The van der Waals surface area contributed by atoms with E-state index < -0.39 is 0 Å². The van der Waals surface area contributed by atoms with Crippen LogP contribution in [0.2, 0.25) is 0 Å². The highest BCUT2D eigenvalue weighted by Gasteiger charge is 2.30. The third kappa shape index (κ3) is 2.47. The predicted octanol–water partition coefficient (Wildman–Crippen LogP) is 4.04. The summed E-state index contributed by atoms with van der Waals surface area (Å²) >= 11 is 0. The maximum absolute atomic E-state index is 6.20. The van der Waals surface area contributed by atoms with Crippen LogP contribution < -0.4 is 4.74 Å². The predicted molar refractivity (Wildman–Crippen MR) is 83.6 cm³/mol. The Bertz CT molecular complexity index is 647. The third-order valence-corrected chi connectivity index (χ3v) is 3.88. The van der Waals surface area contributed by atoms with Crippen LogP contribution in [0.15, 0.2) is 60.3 Å². The Morgan fingerprint density at radius 1 is 1.00 bits per heavy atom. The van der Waals surface area contributed by atoms with Gasteiger partial charge in [0.1, 0.15) is 11.5 Å². The zero-order chi connectivity index (χ0) is 14.8. The lowest BCUT2D eigenvalue weighted by molar-refractivity contribution is 0.0810. The van der Waals surface area contributed by atoms with E-state index in [9.17, 15) is 0 Å². The van der Waals surface area contributed by atoms with Gasteiger partial charge in [-0.15, -0.1) is 0 Å². The molecule has 0 saturated heterocycles. The standard InChI is InChI=1S/C18H19NO2/c1-13-17(14-7-5-4-6-8-14)21-18(19(13)2)15-9-11-16(20-3)12-10-15/h4-12,18H,1-3H3. The Morgan fingerprint density at radius 3 is 2.29 bits per heavy atom. The van der Waals surface area contributed by atoms with Crippen molar-refractivity contribution in [2.75, 3.05) is 14.2 Å². The molecule has 3 nitrogen and oxygen atoms in total. The highest BCUT2D eigenvalue weighted by Crippen LogP contribution is 2.39. The molecule has 0 saturated carbocycles. The van der Waals surface area contributed by atoms with Crippen molar-refractivity contribution in [1.82, 2.24) is 4.90 Å². The minimum Gasteiger partial charge on any atom is -0.497 e. The minimum atomic E-state index is -0.0916. The molecule has 108 valence electrons. The van der Waals surface area contributed by atoms with Gasteiger partial charge < -0.3 is 14.4 Å². The van der Waals surface area contributed by atoms with E-state index in [1.54, 1.807) is 7.11 Å². The van der Waals surface area contributed by atoms with Gasteiger partial charge >= 0.3 is 0 Å². The minimum absolute atomic E-state index is 0.0916. The first kappa shape index (κ1) is 13.6. The Balaban J connectivity index is 1.88. The highest BCUT2D eigenvalue weighted by atomic mass is 16.5. The quantitative estimate of drug-likeness (QED) is 0.847. The fourth-order valence-electron chi connectivity index (χ4n) is 2.54. The molecule has 1 aliphatic heterocycles. The number of ether oxygens (including phenoxy) is 2. The molecule has 3 rings (SSSR count). The summed E-state index contributed by atoms with van der Waals surface area (Å²) < 4.78 is 11.4. The van der Waals surface area contributed by atoms with Gasteiger partial charge in [-0.2, -0.15) is 0 Å². The summed E-state index contributed by atoms with van der Waals surface area (Å²) in [4.78, 5) is 2.16. The van der Waals surface area contributed by atoms with Crippen molar-refractivity contribution in [2.45, 2.75) is 13.2 Å². The van der Waals surface area contributed by atoms with E-state index in [1.807, 2.05) is 42.5 Å². The monoisotopic (exact) mass is 281 g/mol. The molecule has 0 spiro atoms. The first-order chi connectivity index (χ1) is 10.2. The van der Waals surface area contributed by atoms with Crippen molar-refractivity contribution in [3.63, 3.8) is 0 Å². The van der Waals surface area contributed by atoms with Gasteiger partial charge in [-0.25, -0.2) is 0 Å². The average molecular weight is 281 g/mol. The van der Waals surface area contributed by atoms with Gasteiger partial charge in [0.05, 0.1) is 12.8 Å². The second-order valence-electron chi connectivity index (χ2n) is 5.13. The molecule has 1 unspecified atom stereocenters. The molecule has 1 heterocycles. The SMILES string of the molecule is COc1ccc(C2OC(c3ccccc3)=C(C)N2C)cc1. The molecule has 0 amide bonds. The van der Waals surface area contributed by atoms with Crippen molar-refractivity contribution in [3.8, 4) is 5.75 Å². The number of methoxy groups -OCH3 is 1. The number of hydrogen-bond acceptors (Lipinski definition) is 3. The number of rotatable bonds is 3. The lowest BCUT2D eigenvalue weighted by Crippen LogP contribution is -2.18. The zero-order valence-electron chi connectivity index (χ0n) is 12.5. The Labute approximate surface area is 125 Å². The summed E-state index contributed by atoms with van der Waals surface area (Å²) in [6.07, 6.45) is -0.0916. The molecule has 0 radical (unpaired) electrons. The molecule has 1 aliphatic rings. The van der Waals surface area contributed by atoms with Crippen molar-refractivity contribution >= 4 is 5.76 Å². The van der Waals surface area contributed by atoms with Gasteiger partial charge in [-0.1, -0.05) is 30.3 Å². The summed E-state index contributed by atoms with van der Waals surface area (Å²) in [6.45, 7) is 2.09. The Hall–Kier alpha value is -2.42. The van der Waals surface area contributed by atoms with E-state index in [1.165, 1.54) is 0 Å². The van der Waals surface area contributed by atoms with Crippen molar-refractivity contribution < 1.29 is 9.47 Å². The normalized spacial score (nSPS) is 17.9. The maximum atomic E-state index is 6.20. The van der Waals surface area contributed by atoms with Crippen LogP contribution in [0.4, 0.5) is 0 Å². The Morgan fingerprint density at radius 2 is 1.67 bits per heavy atom. The van der Waals surface area contributed by atoms with Gasteiger partial charge in [0.25, 0.3) is 0 Å². The summed E-state index contributed by atoms with van der Waals surface area (Å²) in [5.74, 6) is 1.80. The van der Waals surface area contributed by atoms with Gasteiger partial charge in [0.2, 0.25) is 0 Å². The van der Waals surface area contributed by atoms with Crippen LogP contribution in [0.1, 0.15) is 24.3 Å². The molecule has 0 aliphatic carbocycles. The van der Waals surface area contributed by atoms with Crippen LogP contribution in [0.25, 0.3) is 5.76 Å². The first-order valence-electron chi connectivity index (χ1n) is 7.00. The van der Waals surface area contributed by atoms with Crippen LogP contribution in [0.3, 0.4) is 0 Å². The summed E-state index contributed by atoms with van der Waals surface area (Å²) in [5.41, 5.74) is 3.36. The molecule has 2 aromatic rings. The maximum Gasteiger partial charge on any atom is 0.198 e. The van der Waals surface area contributed by atoms with Gasteiger partial charge in [0, 0.05) is 18.2 Å². The second-order valence-corrected chi connectivity index (χ2v) is 5.13. The largest absolute Gasteiger partial charge is 0.497 e. The van der Waals surface area contributed by atoms with E-state index in [2.05, 4.69) is 31.0 Å². The first-order valence-corrected chi connectivity index (χ1v) is 7.00. The summed E-state index contributed by atoms with van der Waals surface area (Å²) in [6, 6.07) is 18.2. The lowest BCUT2D eigenvalue weighted by Gasteiger charge is -2.22. The average Bonchev–Trinajstić information content (AvgIpc) is 2.84. The van der Waals surface area contributed by atoms with E-state index in [0.717, 1.165) is 28.3 Å². The molecule has 0 N–H and O–H groups in total. The molecule has 0 aromatic heterocycles. The molecule has 3 heteroatoms. The fourth-order valence-corrected chi connectivity index (χ4v) is 2.54. The second kappa shape index (κ2) is 5.52. The van der Waals surface area contributed by atoms with E-state index in [-0.39, 0.29) is 6.23 Å². The Kier molecular flexibility index (Phi) is 3.57. The van der Waals surface area contributed by atoms with E-state index in [4.69, 9.17) is 9.47 Å². The van der Waals surface area contributed by atoms with Crippen LogP contribution in [-0.4, -0.2) is 19.1 Å². The summed E-state index contributed by atoms with van der Waals surface area (Å²) in [5, 5.41) is 0. The molecule has 2 aromatic carbocycles. The molecule has 1 atom stereocenters. The number of nitrogens with zero attached hydrogens (tertiary/aromatic N) is 1. The van der Waals surface area contributed by atoms with Crippen molar-refractivity contribution in [1.29, 1.82) is 0 Å². The number of allylic oxidation sites excluding steroid dienone is 1. The van der Waals surface area contributed by atoms with Gasteiger partial charge in [-0.3, -0.25) is 0 Å². The summed E-state index contributed by atoms with van der Waals surface area (Å²) in [7, 11) is 3.73. The fraction of sp³-hybridized carbons (Fsp3) is 0.222. The molecule has 0 bridgehead atoms. The van der Waals surface area contributed by atoms with Gasteiger partial charge in [0.15, 0.2) is 6.23 Å². The molecule has 21 heavy (non-hydrogen) atoms. The number of benzene rings is 2. The van der Waals surface area contributed by atoms with Crippen molar-refractivity contribution in [2.24, 2.45) is 0 Å². The molecule has 0 fully saturated rings. The molecular weight excluding hydrogens is 262 g/mol.